The van der Waals surface area contributed by atoms with E-state index in [1.165, 1.54) is 11.3 Å². The van der Waals surface area contributed by atoms with Crippen molar-refractivity contribution < 1.29 is 22.9 Å². The molecular weight excluding hydrogens is 385 g/mol. The lowest BCUT2D eigenvalue weighted by atomic mass is 10.1. The monoisotopic (exact) mass is 396 g/mol. The molecule has 1 heterocycles. The van der Waals surface area contributed by atoms with Crippen LogP contribution >= 0.6 is 11.3 Å². The third-order valence-electron chi connectivity index (χ3n) is 3.50. The number of carbonyl (C=O) groups excluding carboxylic acids is 1. The Morgan fingerprint density at radius 1 is 1.22 bits per heavy atom. The molecule has 0 spiro atoms. The highest BCUT2D eigenvalue weighted by Crippen LogP contribution is 2.35. The maximum absolute atomic E-state index is 12.7. The summed E-state index contributed by atoms with van der Waals surface area (Å²) in [6.45, 7) is -0.373. The van der Waals surface area contributed by atoms with E-state index in [1.807, 2.05) is 12.1 Å². The zero-order valence-corrected chi connectivity index (χ0v) is 14.2. The van der Waals surface area contributed by atoms with Crippen molar-refractivity contribution in [1.29, 1.82) is 0 Å². The van der Waals surface area contributed by atoms with Gasteiger partial charge in [0, 0.05) is 6.07 Å². The van der Waals surface area contributed by atoms with E-state index in [0.717, 1.165) is 10.8 Å². The van der Waals surface area contributed by atoms with E-state index in [4.69, 9.17) is 0 Å². The summed E-state index contributed by atoms with van der Waals surface area (Å²) in [5, 5.41) is 16.4. The molecule has 0 unspecified atom stereocenters. The van der Waals surface area contributed by atoms with Gasteiger partial charge in [0.2, 0.25) is 5.91 Å². The van der Waals surface area contributed by atoms with Gasteiger partial charge in [-0.05, 0) is 24.3 Å². The van der Waals surface area contributed by atoms with Gasteiger partial charge in [0.15, 0.2) is 5.13 Å². The van der Waals surface area contributed by atoms with Crippen molar-refractivity contribution in [3.8, 4) is 0 Å². The van der Waals surface area contributed by atoms with Crippen molar-refractivity contribution in [2.75, 3.05) is 17.2 Å². The van der Waals surface area contributed by atoms with E-state index in [-0.39, 0.29) is 12.2 Å². The van der Waals surface area contributed by atoms with Gasteiger partial charge in [-0.3, -0.25) is 14.9 Å². The smallest absolute Gasteiger partial charge is 0.371 e. The molecule has 0 atom stereocenters. The van der Waals surface area contributed by atoms with Crippen LogP contribution in [0.25, 0.3) is 10.2 Å². The highest BCUT2D eigenvalue weighted by atomic mass is 32.1. The molecule has 0 bridgehead atoms. The second kappa shape index (κ2) is 7.19. The molecule has 3 rings (SSSR count). The van der Waals surface area contributed by atoms with Crippen molar-refractivity contribution in [2.24, 2.45) is 0 Å². The number of alkyl halides is 3. The van der Waals surface area contributed by atoms with E-state index in [2.05, 4.69) is 15.6 Å². The number of thiazole rings is 1. The maximum Gasteiger partial charge on any atom is 0.416 e. The zero-order valence-electron chi connectivity index (χ0n) is 13.4. The Bertz CT molecular complexity index is 987. The van der Waals surface area contributed by atoms with Crippen LogP contribution in [0.3, 0.4) is 0 Å². The molecule has 1 amide bonds. The molecule has 140 valence electrons. The van der Waals surface area contributed by atoms with Gasteiger partial charge in [-0.2, -0.15) is 13.2 Å². The summed E-state index contributed by atoms with van der Waals surface area (Å²) in [4.78, 5) is 26.3. The molecule has 11 heteroatoms. The van der Waals surface area contributed by atoms with Gasteiger partial charge < -0.3 is 10.6 Å². The predicted molar refractivity (Wildman–Crippen MR) is 94.8 cm³/mol. The summed E-state index contributed by atoms with van der Waals surface area (Å²) in [5.41, 5.74) is -1.38. The van der Waals surface area contributed by atoms with E-state index >= 15 is 0 Å². The fraction of sp³-hybridized carbons (Fsp3) is 0.125. The molecule has 3 aromatic rings. The molecule has 2 N–H and O–H groups in total. The Balaban J connectivity index is 1.70. The summed E-state index contributed by atoms with van der Waals surface area (Å²) < 4.78 is 39.0. The number of hydrogen-bond acceptors (Lipinski definition) is 6. The molecular formula is C16H11F3N4O3S. The molecule has 0 saturated carbocycles. The maximum atomic E-state index is 12.7. The number of benzene rings is 2. The Morgan fingerprint density at radius 3 is 2.63 bits per heavy atom. The van der Waals surface area contributed by atoms with Gasteiger partial charge in [-0.25, -0.2) is 4.98 Å². The number of amides is 1. The third-order valence-corrected chi connectivity index (χ3v) is 4.45. The first-order valence-corrected chi connectivity index (χ1v) is 8.30. The average Bonchev–Trinajstić information content (AvgIpc) is 3.01. The van der Waals surface area contributed by atoms with Crippen LogP contribution in [0.5, 0.6) is 0 Å². The van der Waals surface area contributed by atoms with Crippen LogP contribution in [-0.4, -0.2) is 22.4 Å². The van der Waals surface area contributed by atoms with Crippen LogP contribution in [0.4, 0.5) is 29.7 Å². The van der Waals surface area contributed by atoms with Crippen LogP contribution in [0.2, 0.25) is 0 Å². The fourth-order valence-electron chi connectivity index (χ4n) is 2.27. The molecule has 7 nitrogen and oxygen atoms in total. The Kier molecular flexibility index (Phi) is 4.95. The minimum Gasteiger partial charge on any atom is -0.371 e. The summed E-state index contributed by atoms with van der Waals surface area (Å²) >= 11 is 1.26. The minimum atomic E-state index is -4.70. The number of anilines is 2. The first-order valence-electron chi connectivity index (χ1n) is 7.49. The van der Waals surface area contributed by atoms with Crippen molar-refractivity contribution in [3.63, 3.8) is 0 Å². The van der Waals surface area contributed by atoms with Crippen molar-refractivity contribution in [3.05, 3.63) is 58.1 Å². The van der Waals surface area contributed by atoms with E-state index in [1.54, 1.807) is 12.1 Å². The summed E-state index contributed by atoms with van der Waals surface area (Å²) in [5.74, 6) is -0.539. The first-order chi connectivity index (χ1) is 12.7. The molecule has 0 aliphatic heterocycles. The second-order valence-corrected chi connectivity index (χ2v) is 6.41. The lowest BCUT2D eigenvalue weighted by molar-refractivity contribution is -0.384. The molecule has 0 fully saturated rings. The van der Waals surface area contributed by atoms with Gasteiger partial charge in [0.25, 0.3) is 5.69 Å². The number of carbonyl (C=O) groups is 1. The fourth-order valence-corrected chi connectivity index (χ4v) is 3.16. The largest absolute Gasteiger partial charge is 0.416 e. The quantitative estimate of drug-likeness (QED) is 0.496. The number of halogens is 3. The van der Waals surface area contributed by atoms with Crippen molar-refractivity contribution >= 4 is 44.0 Å². The SMILES string of the molecule is O=C(CNc1ccc(C(F)(F)F)cc1[N+](=O)[O-])Nc1nc2ccccc2s1. The number of nitro benzene ring substituents is 1. The van der Waals surface area contributed by atoms with Crippen LogP contribution < -0.4 is 10.6 Å². The number of nitrogens with zero attached hydrogens (tertiary/aromatic N) is 2. The number of nitrogens with one attached hydrogen (secondary N) is 2. The van der Waals surface area contributed by atoms with Gasteiger partial charge in [0.1, 0.15) is 5.69 Å². The lowest BCUT2D eigenvalue weighted by Gasteiger charge is -2.10. The average molecular weight is 396 g/mol. The van der Waals surface area contributed by atoms with Gasteiger partial charge in [0.05, 0.1) is 27.2 Å². The normalized spacial score (nSPS) is 11.4. The molecule has 0 aliphatic rings. The highest BCUT2D eigenvalue weighted by molar-refractivity contribution is 7.22. The summed E-state index contributed by atoms with van der Waals surface area (Å²) in [6.07, 6.45) is -4.70. The number of para-hydroxylation sites is 1. The highest BCUT2D eigenvalue weighted by Gasteiger charge is 2.33. The van der Waals surface area contributed by atoms with E-state index < -0.39 is 28.3 Å². The van der Waals surface area contributed by atoms with Gasteiger partial charge in [-0.1, -0.05) is 23.5 Å². The van der Waals surface area contributed by atoms with Crippen LogP contribution in [-0.2, 0) is 11.0 Å². The van der Waals surface area contributed by atoms with Crippen molar-refractivity contribution in [1.82, 2.24) is 4.98 Å². The summed E-state index contributed by atoms with van der Waals surface area (Å²) in [7, 11) is 0. The summed E-state index contributed by atoms with van der Waals surface area (Å²) in [6, 6.07) is 9.31. The molecule has 0 radical (unpaired) electrons. The van der Waals surface area contributed by atoms with E-state index in [0.29, 0.717) is 22.8 Å². The Labute approximate surface area is 154 Å². The molecule has 2 aromatic carbocycles. The Hall–Kier alpha value is -3.21. The molecule has 0 saturated heterocycles. The topological polar surface area (TPSA) is 97.2 Å². The first kappa shape index (κ1) is 18.6. The molecule has 1 aromatic heterocycles. The zero-order chi connectivity index (χ0) is 19.6. The van der Waals surface area contributed by atoms with E-state index in [9.17, 15) is 28.1 Å². The Morgan fingerprint density at radius 2 is 1.96 bits per heavy atom. The third kappa shape index (κ3) is 4.31. The van der Waals surface area contributed by atoms with Gasteiger partial charge >= 0.3 is 6.18 Å². The molecule has 0 aliphatic carbocycles. The van der Waals surface area contributed by atoms with Gasteiger partial charge in [-0.15, -0.1) is 0 Å². The minimum absolute atomic E-state index is 0.188. The predicted octanol–water partition coefficient (Wildman–Crippen LogP) is 4.27. The van der Waals surface area contributed by atoms with Crippen LogP contribution in [0.1, 0.15) is 5.56 Å². The second-order valence-electron chi connectivity index (χ2n) is 5.38. The number of nitro groups is 1. The van der Waals surface area contributed by atoms with Crippen LogP contribution in [0.15, 0.2) is 42.5 Å². The lowest BCUT2D eigenvalue weighted by Crippen LogP contribution is -2.22. The van der Waals surface area contributed by atoms with Crippen LogP contribution in [0, 0.1) is 10.1 Å². The molecule has 27 heavy (non-hydrogen) atoms. The van der Waals surface area contributed by atoms with Crippen molar-refractivity contribution in [2.45, 2.75) is 6.18 Å². The number of aromatic nitrogens is 1. The standard InChI is InChI=1S/C16H11F3N4O3S/c17-16(18,19)9-5-6-10(12(7-9)23(25)26)20-8-14(24)22-15-21-11-3-1-2-4-13(11)27-15/h1-7,20H,8H2,(H,21,22,24). The number of rotatable bonds is 5. The number of fused-ring (bicyclic) bond motifs is 1. The number of hydrogen-bond donors (Lipinski definition) is 2.